The smallest absolute Gasteiger partial charge is 0.260 e. The third kappa shape index (κ3) is 6.35. The summed E-state index contributed by atoms with van der Waals surface area (Å²) in [5, 5.41) is 0. The summed E-state index contributed by atoms with van der Waals surface area (Å²) in [4.78, 5) is 15.1. The number of carbonyl (C=O) groups excluding carboxylic acids is 1. The molecule has 0 bridgehead atoms. The number of hydrogen-bond donors (Lipinski definition) is 1. The van der Waals surface area contributed by atoms with Gasteiger partial charge in [0.05, 0.1) is 28.2 Å². The first-order valence-corrected chi connectivity index (χ1v) is 14.8. The van der Waals surface area contributed by atoms with Crippen LogP contribution >= 0.6 is 0 Å². The summed E-state index contributed by atoms with van der Waals surface area (Å²) in [5.41, 5.74) is 1.92. The first-order valence-electron chi connectivity index (χ1n) is 11.3. The summed E-state index contributed by atoms with van der Waals surface area (Å²) in [6.45, 7) is 4.72. The monoisotopic (exact) mass is 492 g/mol. The first kappa shape index (κ1) is 25.2. The van der Waals surface area contributed by atoms with Crippen molar-refractivity contribution in [2.24, 2.45) is 5.92 Å². The van der Waals surface area contributed by atoms with Crippen LogP contribution in [-0.2, 0) is 26.3 Å². The van der Waals surface area contributed by atoms with E-state index in [-0.39, 0.29) is 22.9 Å². The molecule has 1 amide bonds. The van der Waals surface area contributed by atoms with Crippen molar-refractivity contribution in [3.63, 3.8) is 0 Å². The molecule has 3 rings (SSSR count). The fourth-order valence-corrected chi connectivity index (χ4v) is 5.99. The van der Waals surface area contributed by atoms with Gasteiger partial charge in [0.25, 0.3) is 5.91 Å². The number of fused-ring (bicyclic) bond motifs is 1. The van der Waals surface area contributed by atoms with Gasteiger partial charge in [0.2, 0.25) is 10.0 Å². The number of benzene rings is 2. The summed E-state index contributed by atoms with van der Waals surface area (Å²) < 4.78 is 51.4. The summed E-state index contributed by atoms with van der Waals surface area (Å²) >= 11 is 0. The fraction of sp³-hybridized carbons (Fsp3) is 0.458. The van der Waals surface area contributed by atoms with Crippen LogP contribution in [0.3, 0.4) is 0 Å². The number of nitrogens with one attached hydrogen (secondary N) is 1. The number of amides is 1. The molecule has 0 aromatic heterocycles. The second kappa shape index (κ2) is 10.3. The number of sulfone groups is 1. The van der Waals surface area contributed by atoms with Crippen LogP contribution in [0.2, 0.25) is 0 Å². The van der Waals surface area contributed by atoms with Crippen LogP contribution in [0.4, 0.5) is 11.4 Å². The molecule has 1 aliphatic heterocycles. The van der Waals surface area contributed by atoms with Crippen LogP contribution < -0.4 is 9.62 Å². The normalized spacial score (nSPS) is 14.7. The van der Waals surface area contributed by atoms with Crippen LogP contribution in [0.15, 0.2) is 47.4 Å². The van der Waals surface area contributed by atoms with E-state index in [4.69, 9.17) is 0 Å². The number of sulfonamides is 1. The van der Waals surface area contributed by atoms with Gasteiger partial charge in [-0.3, -0.25) is 9.52 Å². The zero-order valence-electron chi connectivity index (χ0n) is 19.4. The second-order valence-electron chi connectivity index (χ2n) is 8.75. The van der Waals surface area contributed by atoms with E-state index in [1.165, 1.54) is 0 Å². The number of rotatable bonds is 10. The minimum absolute atomic E-state index is 0.120. The molecule has 0 radical (unpaired) electrons. The third-order valence-electron chi connectivity index (χ3n) is 6.06. The molecule has 9 heteroatoms. The van der Waals surface area contributed by atoms with Gasteiger partial charge in [-0.15, -0.1) is 0 Å². The predicted octanol–water partition coefficient (Wildman–Crippen LogP) is 4.25. The topological polar surface area (TPSA) is 101 Å². The molecule has 1 N–H and O–H groups in total. The van der Waals surface area contributed by atoms with Crippen molar-refractivity contribution in [2.45, 2.75) is 50.8 Å². The Hall–Kier alpha value is -2.39. The molecule has 0 saturated carbocycles. The predicted molar refractivity (Wildman–Crippen MR) is 132 cm³/mol. The zero-order valence-corrected chi connectivity index (χ0v) is 21.0. The van der Waals surface area contributed by atoms with Crippen LogP contribution in [0.1, 0.15) is 55.5 Å². The first-order chi connectivity index (χ1) is 15.5. The van der Waals surface area contributed by atoms with E-state index in [0.717, 1.165) is 31.1 Å². The molecule has 2 aromatic rings. The number of para-hydroxylation sites is 1. The van der Waals surface area contributed by atoms with Gasteiger partial charge >= 0.3 is 0 Å². The van der Waals surface area contributed by atoms with E-state index in [2.05, 4.69) is 18.6 Å². The van der Waals surface area contributed by atoms with Gasteiger partial charge in [0, 0.05) is 12.2 Å². The molecule has 33 heavy (non-hydrogen) atoms. The highest BCUT2D eigenvalue weighted by Gasteiger charge is 2.29. The molecular weight excluding hydrogens is 460 g/mol. The molecule has 7 nitrogen and oxygen atoms in total. The summed E-state index contributed by atoms with van der Waals surface area (Å²) in [7, 11) is -6.93. The van der Waals surface area contributed by atoms with Gasteiger partial charge in [0.1, 0.15) is 0 Å². The van der Waals surface area contributed by atoms with Crippen LogP contribution in [0, 0.1) is 5.92 Å². The lowest BCUT2D eigenvalue weighted by Crippen LogP contribution is -2.30. The van der Waals surface area contributed by atoms with Gasteiger partial charge in [-0.2, -0.15) is 0 Å². The lowest BCUT2D eigenvalue weighted by molar-refractivity contribution is 0.0990. The van der Waals surface area contributed by atoms with E-state index < -0.39 is 19.9 Å². The number of hydrogen-bond acceptors (Lipinski definition) is 5. The SMILES string of the molecule is CC[C@@H](C)CCCCS(=O)(=O)c1ccc2c(c1)CCN2C(=O)c1ccccc1NS(C)(=O)=O. The lowest BCUT2D eigenvalue weighted by atomic mass is 10.0. The average molecular weight is 493 g/mol. The number of nitrogens with zero attached hydrogens (tertiary/aromatic N) is 1. The maximum Gasteiger partial charge on any atom is 0.260 e. The van der Waals surface area contributed by atoms with Crippen molar-refractivity contribution >= 4 is 37.1 Å². The van der Waals surface area contributed by atoms with E-state index in [9.17, 15) is 21.6 Å². The zero-order chi connectivity index (χ0) is 24.2. The Labute approximate surface area is 197 Å². The van der Waals surface area contributed by atoms with Gasteiger partial charge < -0.3 is 4.90 Å². The Balaban J connectivity index is 1.77. The largest absolute Gasteiger partial charge is 0.308 e. The number of anilines is 2. The van der Waals surface area contributed by atoms with E-state index in [0.29, 0.717) is 35.9 Å². The Morgan fingerprint density at radius 1 is 1.09 bits per heavy atom. The lowest BCUT2D eigenvalue weighted by Gasteiger charge is -2.19. The van der Waals surface area contributed by atoms with Crippen LogP contribution in [-0.4, -0.2) is 41.3 Å². The highest BCUT2D eigenvalue weighted by atomic mass is 32.2. The molecule has 1 aliphatic rings. The third-order valence-corrected chi connectivity index (χ3v) is 8.45. The summed E-state index contributed by atoms with van der Waals surface area (Å²) in [6, 6.07) is 11.4. The fourth-order valence-electron chi connectivity index (χ4n) is 3.99. The molecule has 180 valence electrons. The van der Waals surface area contributed by atoms with Crippen molar-refractivity contribution in [1.82, 2.24) is 0 Å². The van der Waals surface area contributed by atoms with Crippen molar-refractivity contribution in [2.75, 3.05) is 28.2 Å². The van der Waals surface area contributed by atoms with E-state index >= 15 is 0 Å². The summed E-state index contributed by atoms with van der Waals surface area (Å²) in [5.74, 6) is 0.394. The maximum absolute atomic E-state index is 13.2. The molecule has 0 spiro atoms. The molecule has 0 aliphatic carbocycles. The maximum atomic E-state index is 13.2. The average Bonchev–Trinajstić information content (AvgIpc) is 3.18. The minimum atomic E-state index is -3.54. The van der Waals surface area contributed by atoms with Gasteiger partial charge in [-0.25, -0.2) is 16.8 Å². The van der Waals surface area contributed by atoms with Crippen LogP contribution in [0.25, 0.3) is 0 Å². The van der Waals surface area contributed by atoms with Crippen molar-refractivity contribution in [3.8, 4) is 0 Å². The van der Waals surface area contributed by atoms with Crippen molar-refractivity contribution in [1.29, 1.82) is 0 Å². The van der Waals surface area contributed by atoms with Gasteiger partial charge in [-0.1, -0.05) is 45.2 Å². The minimum Gasteiger partial charge on any atom is -0.308 e. The Kier molecular flexibility index (Phi) is 7.84. The molecule has 1 atom stereocenters. The molecule has 2 aromatic carbocycles. The van der Waals surface area contributed by atoms with Gasteiger partial charge in [-0.05, 0) is 54.7 Å². The van der Waals surface area contributed by atoms with Crippen molar-refractivity contribution in [3.05, 3.63) is 53.6 Å². The molecule has 0 unspecified atom stereocenters. The molecule has 0 fully saturated rings. The Morgan fingerprint density at radius 3 is 2.52 bits per heavy atom. The standard InChI is InChI=1S/C24H32N2O5S2/c1-4-18(2)9-7-8-16-33(30,31)20-12-13-23-19(17-20)14-15-26(23)24(27)21-10-5-6-11-22(21)25-32(3,28)29/h5-6,10-13,17-18,25H,4,7-9,14-16H2,1-3H3/t18-/m1/s1. The number of unbranched alkanes of at least 4 members (excludes halogenated alkanes) is 1. The summed E-state index contributed by atoms with van der Waals surface area (Å²) in [6.07, 6.45) is 5.23. The Bertz CT molecular complexity index is 1220. The highest BCUT2D eigenvalue weighted by molar-refractivity contribution is 7.92. The number of carbonyl (C=O) groups is 1. The van der Waals surface area contributed by atoms with E-state index in [1.807, 2.05) is 0 Å². The van der Waals surface area contributed by atoms with Gasteiger partial charge in [0.15, 0.2) is 9.84 Å². The molecule has 1 heterocycles. The Morgan fingerprint density at radius 2 is 1.82 bits per heavy atom. The molecule has 0 saturated heterocycles. The second-order valence-corrected chi connectivity index (χ2v) is 12.6. The highest BCUT2D eigenvalue weighted by Crippen LogP contribution is 2.33. The van der Waals surface area contributed by atoms with Crippen LogP contribution in [0.5, 0.6) is 0 Å². The van der Waals surface area contributed by atoms with Crippen molar-refractivity contribution < 1.29 is 21.6 Å². The van der Waals surface area contributed by atoms with E-state index in [1.54, 1.807) is 47.4 Å². The quantitative estimate of drug-likeness (QED) is 0.500. The molecular formula is C24H32N2O5S2.